The van der Waals surface area contributed by atoms with Crippen LogP contribution >= 0.6 is 12.4 Å². The number of hydrogen-bond donors (Lipinski definition) is 1. The lowest BCUT2D eigenvalue weighted by atomic mass is 10.0. The number of aromatic amines is 1. The smallest absolute Gasteiger partial charge is 0.181 e. The van der Waals surface area contributed by atoms with Gasteiger partial charge in [0.2, 0.25) is 0 Å². The Kier molecular flexibility index (Phi) is 5.25. The molecule has 4 heterocycles. The maximum atomic E-state index is 5.72. The van der Waals surface area contributed by atoms with Crippen LogP contribution in [0.3, 0.4) is 0 Å². The lowest BCUT2D eigenvalue weighted by Gasteiger charge is -2.29. The van der Waals surface area contributed by atoms with Gasteiger partial charge in [-0.15, -0.1) is 12.4 Å². The predicted molar refractivity (Wildman–Crippen MR) is 116 cm³/mol. The molecule has 4 aromatic rings. The number of methoxy groups -OCH3 is 1. The molecule has 5 rings (SSSR count). The Hall–Kier alpha value is -2.90. The third kappa shape index (κ3) is 3.36. The maximum Gasteiger partial charge on any atom is 0.181 e. The molecule has 0 atom stereocenters. The number of halogens is 1. The molecular formula is C21H22ClN5O2. The van der Waals surface area contributed by atoms with Crippen molar-refractivity contribution in [2.75, 3.05) is 38.3 Å². The fourth-order valence-electron chi connectivity index (χ4n) is 3.78. The van der Waals surface area contributed by atoms with Gasteiger partial charge in [-0.25, -0.2) is 9.97 Å². The van der Waals surface area contributed by atoms with Gasteiger partial charge in [0.25, 0.3) is 0 Å². The van der Waals surface area contributed by atoms with Gasteiger partial charge in [0, 0.05) is 41.8 Å². The first-order chi connectivity index (χ1) is 13.7. The topological polar surface area (TPSA) is 76.2 Å². The van der Waals surface area contributed by atoms with E-state index in [-0.39, 0.29) is 12.4 Å². The normalized spacial score (nSPS) is 14.2. The molecule has 7 nitrogen and oxygen atoms in total. The highest BCUT2D eigenvalue weighted by Gasteiger charge is 2.18. The number of benzene rings is 1. The summed E-state index contributed by atoms with van der Waals surface area (Å²) in [6, 6.07) is 10.3. The number of fused-ring (bicyclic) bond motifs is 2. The summed E-state index contributed by atoms with van der Waals surface area (Å²) in [5, 5.41) is 9.43. The van der Waals surface area contributed by atoms with E-state index >= 15 is 0 Å². The van der Waals surface area contributed by atoms with E-state index < -0.39 is 0 Å². The van der Waals surface area contributed by atoms with E-state index in [9.17, 15) is 0 Å². The molecule has 1 aliphatic rings. The van der Waals surface area contributed by atoms with E-state index in [1.54, 1.807) is 13.3 Å². The quantitative estimate of drug-likeness (QED) is 0.553. The largest absolute Gasteiger partial charge is 0.494 e. The van der Waals surface area contributed by atoms with Crippen LogP contribution in [-0.4, -0.2) is 53.6 Å². The fraction of sp³-hybridized carbons (Fsp3) is 0.286. The zero-order valence-corrected chi connectivity index (χ0v) is 17.1. The maximum absolute atomic E-state index is 5.72. The summed E-state index contributed by atoms with van der Waals surface area (Å²) >= 11 is 0. The van der Waals surface area contributed by atoms with Crippen LogP contribution in [-0.2, 0) is 4.74 Å². The van der Waals surface area contributed by atoms with Crippen LogP contribution in [0.1, 0.15) is 5.56 Å². The molecule has 0 unspecified atom stereocenters. The van der Waals surface area contributed by atoms with Crippen LogP contribution in [0, 0.1) is 6.92 Å². The highest BCUT2D eigenvalue weighted by molar-refractivity contribution is 5.95. The number of hydrogen-bond acceptors (Lipinski definition) is 6. The minimum absolute atomic E-state index is 0. The molecule has 0 radical (unpaired) electrons. The predicted octanol–water partition coefficient (Wildman–Crippen LogP) is 3.75. The molecule has 0 amide bonds. The summed E-state index contributed by atoms with van der Waals surface area (Å²) in [7, 11) is 1.69. The van der Waals surface area contributed by atoms with E-state index in [0.717, 1.165) is 71.0 Å². The average molecular weight is 412 g/mol. The Morgan fingerprint density at radius 1 is 1.14 bits per heavy atom. The summed E-state index contributed by atoms with van der Waals surface area (Å²) in [5.41, 5.74) is 5.51. The Labute approximate surface area is 174 Å². The Balaban J connectivity index is 0.00000205. The number of pyridine rings is 2. The lowest BCUT2D eigenvalue weighted by molar-refractivity contribution is 0.122. The molecule has 150 valence electrons. The third-order valence-electron chi connectivity index (χ3n) is 5.25. The molecule has 1 saturated heterocycles. The van der Waals surface area contributed by atoms with E-state index in [1.807, 2.05) is 12.1 Å². The van der Waals surface area contributed by atoms with Gasteiger partial charge in [-0.2, -0.15) is 5.10 Å². The highest BCUT2D eigenvalue weighted by Crippen LogP contribution is 2.35. The molecule has 3 aromatic heterocycles. The molecule has 1 N–H and O–H groups in total. The molecule has 0 bridgehead atoms. The Morgan fingerprint density at radius 2 is 1.97 bits per heavy atom. The van der Waals surface area contributed by atoms with Crippen molar-refractivity contribution >= 4 is 40.0 Å². The van der Waals surface area contributed by atoms with Gasteiger partial charge in [-0.05, 0) is 36.8 Å². The number of anilines is 1. The summed E-state index contributed by atoms with van der Waals surface area (Å²) in [6.45, 7) is 5.36. The average Bonchev–Trinajstić information content (AvgIpc) is 3.18. The van der Waals surface area contributed by atoms with Crippen LogP contribution in [0.4, 0.5) is 5.69 Å². The SMILES string of the molecule is COc1cc(N2CCOCC2)cc2c(C)cc(-c3[nH]nc4ncccc34)nc12.Cl. The van der Waals surface area contributed by atoms with E-state index in [0.29, 0.717) is 5.65 Å². The van der Waals surface area contributed by atoms with Crippen molar-refractivity contribution in [2.45, 2.75) is 6.92 Å². The zero-order valence-electron chi connectivity index (χ0n) is 16.3. The van der Waals surface area contributed by atoms with E-state index in [1.165, 1.54) is 0 Å². The van der Waals surface area contributed by atoms with Crippen molar-refractivity contribution < 1.29 is 9.47 Å². The second kappa shape index (κ2) is 7.85. The van der Waals surface area contributed by atoms with Gasteiger partial charge in [0.05, 0.1) is 31.7 Å². The van der Waals surface area contributed by atoms with Crippen LogP contribution < -0.4 is 9.64 Å². The molecule has 0 saturated carbocycles. The van der Waals surface area contributed by atoms with Gasteiger partial charge in [0.15, 0.2) is 5.65 Å². The van der Waals surface area contributed by atoms with Gasteiger partial charge in [-0.3, -0.25) is 5.10 Å². The molecule has 1 aromatic carbocycles. The second-order valence-corrected chi connectivity index (χ2v) is 6.94. The van der Waals surface area contributed by atoms with Gasteiger partial charge >= 0.3 is 0 Å². The monoisotopic (exact) mass is 411 g/mol. The molecule has 0 spiro atoms. The van der Waals surface area contributed by atoms with Crippen LogP contribution in [0.25, 0.3) is 33.3 Å². The number of nitrogens with one attached hydrogen (secondary N) is 1. The number of morpholine rings is 1. The molecule has 0 aliphatic carbocycles. The summed E-state index contributed by atoms with van der Waals surface area (Å²) in [6.07, 6.45) is 1.74. The lowest BCUT2D eigenvalue weighted by Crippen LogP contribution is -2.36. The molecule has 1 aliphatic heterocycles. The number of H-pyrrole nitrogens is 1. The van der Waals surface area contributed by atoms with Crippen LogP contribution in [0.5, 0.6) is 5.75 Å². The van der Waals surface area contributed by atoms with Crippen LogP contribution in [0.2, 0.25) is 0 Å². The van der Waals surface area contributed by atoms with Crippen molar-refractivity contribution in [3.8, 4) is 17.1 Å². The van der Waals surface area contributed by atoms with Gasteiger partial charge in [-0.1, -0.05) is 0 Å². The highest BCUT2D eigenvalue weighted by atomic mass is 35.5. The van der Waals surface area contributed by atoms with E-state index in [2.05, 4.69) is 45.2 Å². The first-order valence-corrected chi connectivity index (χ1v) is 9.36. The molecular weight excluding hydrogens is 390 g/mol. The Morgan fingerprint density at radius 3 is 2.76 bits per heavy atom. The van der Waals surface area contributed by atoms with Crippen molar-refractivity contribution in [3.63, 3.8) is 0 Å². The minimum atomic E-state index is 0. The number of nitrogens with zero attached hydrogens (tertiary/aromatic N) is 4. The number of aromatic nitrogens is 4. The first-order valence-electron chi connectivity index (χ1n) is 9.36. The number of rotatable bonds is 3. The van der Waals surface area contributed by atoms with Crippen molar-refractivity contribution in [2.24, 2.45) is 0 Å². The minimum Gasteiger partial charge on any atom is -0.494 e. The third-order valence-corrected chi connectivity index (χ3v) is 5.25. The fourth-order valence-corrected chi connectivity index (χ4v) is 3.78. The zero-order chi connectivity index (χ0) is 19.1. The second-order valence-electron chi connectivity index (χ2n) is 6.94. The van der Waals surface area contributed by atoms with Gasteiger partial charge < -0.3 is 14.4 Å². The standard InChI is InChI=1S/C21H21N5O2.ClH/c1-13-10-17(19-15-4-3-5-22-21(15)25-24-19)23-20-16(13)11-14(12-18(20)27-2)26-6-8-28-9-7-26;/h3-5,10-12H,6-9H2,1-2H3,(H,22,24,25);1H. The Bertz CT molecular complexity index is 1170. The van der Waals surface area contributed by atoms with Crippen molar-refractivity contribution in [3.05, 3.63) is 42.1 Å². The van der Waals surface area contributed by atoms with Gasteiger partial charge in [0.1, 0.15) is 11.3 Å². The first kappa shape index (κ1) is 19.4. The summed E-state index contributed by atoms with van der Waals surface area (Å²) in [4.78, 5) is 11.5. The number of ether oxygens (including phenoxy) is 2. The molecule has 8 heteroatoms. The summed E-state index contributed by atoms with van der Waals surface area (Å²) in [5.74, 6) is 0.769. The molecule has 29 heavy (non-hydrogen) atoms. The number of aryl methyl sites for hydroxylation is 1. The summed E-state index contributed by atoms with van der Waals surface area (Å²) < 4.78 is 11.2. The molecule has 1 fully saturated rings. The van der Waals surface area contributed by atoms with Crippen LogP contribution in [0.15, 0.2) is 36.5 Å². The van der Waals surface area contributed by atoms with Crippen molar-refractivity contribution in [1.29, 1.82) is 0 Å². The van der Waals surface area contributed by atoms with E-state index in [4.69, 9.17) is 14.5 Å². The van der Waals surface area contributed by atoms with Crippen molar-refractivity contribution in [1.82, 2.24) is 20.2 Å².